The number of anilines is 1. The zero-order valence-corrected chi connectivity index (χ0v) is 10.7. The first-order valence-electron chi connectivity index (χ1n) is 4.83. The average molecular weight is 290 g/mol. The first-order valence-corrected chi connectivity index (χ1v) is 5.62. The van der Waals surface area contributed by atoms with Crippen molar-refractivity contribution in [3.63, 3.8) is 0 Å². The van der Waals surface area contributed by atoms with Crippen LogP contribution in [0.5, 0.6) is 0 Å². The Balaban J connectivity index is 2.72. The molecule has 88 valence electrons. The van der Waals surface area contributed by atoms with Crippen molar-refractivity contribution in [3.05, 3.63) is 22.6 Å². The van der Waals surface area contributed by atoms with Crippen LogP contribution in [0.4, 0.5) is 10.2 Å². The molecular weight excluding hydrogens is 277 g/mol. The van der Waals surface area contributed by atoms with Gasteiger partial charge in [0.1, 0.15) is 0 Å². The normalized spacial score (nSPS) is 10.0. The summed E-state index contributed by atoms with van der Waals surface area (Å²) < 4.78 is 14.0. The molecule has 16 heavy (non-hydrogen) atoms. The topological polar surface area (TPSA) is 45.2 Å². The molecule has 0 aliphatic heterocycles. The summed E-state index contributed by atoms with van der Waals surface area (Å²) in [5.41, 5.74) is 0. The highest BCUT2D eigenvalue weighted by molar-refractivity contribution is 9.10. The molecule has 0 aliphatic carbocycles. The Kier molecular flexibility index (Phi) is 4.67. The molecule has 1 aromatic rings. The van der Waals surface area contributed by atoms with Crippen LogP contribution in [0.15, 0.2) is 16.7 Å². The van der Waals surface area contributed by atoms with Crippen molar-refractivity contribution in [2.24, 2.45) is 0 Å². The summed E-state index contributed by atoms with van der Waals surface area (Å²) in [7, 11) is 1.62. The Morgan fingerprint density at radius 1 is 1.69 bits per heavy atom. The Labute approximate surface area is 102 Å². The van der Waals surface area contributed by atoms with E-state index in [1.165, 1.54) is 17.2 Å². The van der Waals surface area contributed by atoms with E-state index in [1.807, 2.05) is 6.92 Å². The number of amides is 1. The van der Waals surface area contributed by atoms with Gasteiger partial charge in [-0.15, -0.1) is 0 Å². The molecule has 1 amide bonds. The molecule has 1 aromatic heterocycles. The Morgan fingerprint density at radius 3 is 2.94 bits per heavy atom. The zero-order chi connectivity index (χ0) is 12.1. The molecule has 0 radical (unpaired) electrons. The van der Waals surface area contributed by atoms with Gasteiger partial charge in [0.05, 0.1) is 6.54 Å². The summed E-state index contributed by atoms with van der Waals surface area (Å²) >= 11 is 3.12. The third kappa shape index (κ3) is 3.44. The number of nitrogens with zero attached hydrogens (tertiary/aromatic N) is 2. The maximum absolute atomic E-state index is 13.5. The van der Waals surface area contributed by atoms with Crippen LogP contribution in [0, 0.1) is 5.82 Å². The summed E-state index contributed by atoms with van der Waals surface area (Å²) in [5, 5.41) is 2.64. The molecule has 0 unspecified atom stereocenters. The second-order valence-electron chi connectivity index (χ2n) is 3.27. The summed E-state index contributed by atoms with van der Waals surface area (Å²) in [6.07, 6.45) is 1.49. The van der Waals surface area contributed by atoms with E-state index in [0.717, 1.165) is 0 Å². The molecule has 0 atom stereocenters. The van der Waals surface area contributed by atoms with Gasteiger partial charge in [-0.3, -0.25) is 4.79 Å². The van der Waals surface area contributed by atoms with Crippen molar-refractivity contribution in [2.45, 2.75) is 6.92 Å². The fraction of sp³-hybridized carbons (Fsp3) is 0.400. The maximum Gasteiger partial charge on any atom is 0.239 e. The minimum Gasteiger partial charge on any atom is -0.355 e. The van der Waals surface area contributed by atoms with Crippen LogP contribution >= 0.6 is 15.9 Å². The third-order valence-electron chi connectivity index (χ3n) is 1.90. The summed E-state index contributed by atoms with van der Waals surface area (Å²) in [5.74, 6) is -0.454. The first-order chi connectivity index (χ1) is 7.54. The highest BCUT2D eigenvalue weighted by Gasteiger charge is 2.12. The van der Waals surface area contributed by atoms with Crippen LogP contribution in [0.2, 0.25) is 0 Å². The standard InChI is InChI=1S/C10H13BrFN3O/c1-3-13-9(16)6-15(2)10-8(12)4-7(11)5-14-10/h4-5H,3,6H2,1-2H3,(H,13,16). The van der Waals surface area contributed by atoms with Crippen molar-refractivity contribution in [1.82, 2.24) is 10.3 Å². The van der Waals surface area contributed by atoms with Crippen LogP contribution in [-0.4, -0.2) is 31.0 Å². The molecule has 0 bridgehead atoms. The molecule has 0 fully saturated rings. The molecule has 6 heteroatoms. The average Bonchev–Trinajstić information content (AvgIpc) is 2.17. The van der Waals surface area contributed by atoms with Gasteiger partial charge in [0.25, 0.3) is 0 Å². The van der Waals surface area contributed by atoms with Gasteiger partial charge in [-0.1, -0.05) is 0 Å². The van der Waals surface area contributed by atoms with Crippen molar-refractivity contribution >= 4 is 27.7 Å². The number of rotatable bonds is 4. The number of aromatic nitrogens is 1. The lowest BCUT2D eigenvalue weighted by atomic mass is 10.4. The van der Waals surface area contributed by atoms with Gasteiger partial charge in [-0.05, 0) is 28.9 Å². The van der Waals surface area contributed by atoms with Gasteiger partial charge < -0.3 is 10.2 Å². The minimum absolute atomic E-state index is 0.0827. The fourth-order valence-electron chi connectivity index (χ4n) is 1.23. The fourth-order valence-corrected chi connectivity index (χ4v) is 1.53. The number of halogens is 2. The van der Waals surface area contributed by atoms with Crippen molar-refractivity contribution in [3.8, 4) is 0 Å². The van der Waals surface area contributed by atoms with E-state index in [2.05, 4.69) is 26.2 Å². The van der Waals surface area contributed by atoms with Crippen LogP contribution in [0.1, 0.15) is 6.92 Å². The predicted octanol–water partition coefficient (Wildman–Crippen LogP) is 1.56. The number of likely N-dealkylation sites (N-methyl/N-ethyl adjacent to an activating group) is 2. The maximum atomic E-state index is 13.5. The first kappa shape index (κ1) is 12.9. The van der Waals surface area contributed by atoms with E-state index in [4.69, 9.17) is 0 Å². The molecule has 4 nitrogen and oxygen atoms in total. The van der Waals surface area contributed by atoms with E-state index in [0.29, 0.717) is 11.0 Å². The van der Waals surface area contributed by atoms with Gasteiger partial charge >= 0.3 is 0 Å². The van der Waals surface area contributed by atoms with Gasteiger partial charge in [0.2, 0.25) is 5.91 Å². The summed E-state index contributed by atoms with van der Waals surface area (Å²) in [6.45, 7) is 2.47. The minimum atomic E-state index is -0.457. The molecule has 0 aromatic carbocycles. The van der Waals surface area contributed by atoms with Crippen LogP contribution in [0.3, 0.4) is 0 Å². The number of carbonyl (C=O) groups is 1. The van der Waals surface area contributed by atoms with Gasteiger partial charge in [0, 0.05) is 24.3 Å². The monoisotopic (exact) mass is 289 g/mol. The molecule has 0 saturated heterocycles. The summed E-state index contributed by atoms with van der Waals surface area (Å²) in [6, 6.07) is 1.32. The molecule has 1 heterocycles. The Hall–Kier alpha value is -1.17. The highest BCUT2D eigenvalue weighted by atomic mass is 79.9. The number of carbonyl (C=O) groups excluding carboxylic acids is 1. The van der Waals surface area contributed by atoms with Crippen LogP contribution < -0.4 is 10.2 Å². The predicted molar refractivity (Wildman–Crippen MR) is 63.8 cm³/mol. The highest BCUT2D eigenvalue weighted by Crippen LogP contribution is 2.18. The van der Waals surface area contributed by atoms with E-state index < -0.39 is 5.82 Å². The lowest BCUT2D eigenvalue weighted by Gasteiger charge is -2.17. The molecular formula is C10H13BrFN3O. The van der Waals surface area contributed by atoms with Gasteiger partial charge in [0.15, 0.2) is 11.6 Å². The van der Waals surface area contributed by atoms with Crippen molar-refractivity contribution in [2.75, 3.05) is 25.0 Å². The van der Waals surface area contributed by atoms with Crippen molar-refractivity contribution in [1.29, 1.82) is 0 Å². The third-order valence-corrected chi connectivity index (χ3v) is 2.34. The van der Waals surface area contributed by atoms with Crippen molar-refractivity contribution < 1.29 is 9.18 Å². The molecule has 1 rings (SSSR count). The zero-order valence-electron chi connectivity index (χ0n) is 9.13. The Morgan fingerprint density at radius 2 is 2.38 bits per heavy atom. The van der Waals surface area contributed by atoms with E-state index in [9.17, 15) is 9.18 Å². The van der Waals surface area contributed by atoms with Crippen LogP contribution in [-0.2, 0) is 4.79 Å². The lowest BCUT2D eigenvalue weighted by Crippen LogP contribution is -2.35. The summed E-state index contributed by atoms with van der Waals surface area (Å²) in [4.78, 5) is 16.7. The van der Waals surface area contributed by atoms with E-state index in [1.54, 1.807) is 7.05 Å². The molecule has 0 aliphatic rings. The molecule has 0 spiro atoms. The number of nitrogens with one attached hydrogen (secondary N) is 1. The largest absolute Gasteiger partial charge is 0.355 e. The van der Waals surface area contributed by atoms with Crippen LogP contribution in [0.25, 0.3) is 0 Å². The van der Waals surface area contributed by atoms with Gasteiger partial charge in [-0.25, -0.2) is 9.37 Å². The Bertz CT molecular complexity index is 386. The number of pyridine rings is 1. The number of hydrogen-bond acceptors (Lipinski definition) is 3. The molecule has 1 N–H and O–H groups in total. The lowest BCUT2D eigenvalue weighted by molar-refractivity contribution is -0.119. The number of hydrogen-bond donors (Lipinski definition) is 1. The molecule has 0 saturated carbocycles. The quantitative estimate of drug-likeness (QED) is 0.915. The van der Waals surface area contributed by atoms with E-state index >= 15 is 0 Å². The smallest absolute Gasteiger partial charge is 0.239 e. The second kappa shape index (κ2) is 5.79. The second-order valence-corrected chi connectivity index (χ2v) is 4.18. The SMILES string of the molecule is CCNC(=O)CN(C)c1ncc(Br)cc1F. The van der Waals surface area contributed by atoms with Gasteiger partial charge in [-0.2, -0.15) is 0 Å². The van der Waals surface area contributed by atoms with E-state index in [-0.39, 0.29) is 18.3 Å².